The first kappa shape index (κ1) is 10.4. The summed E-state index contributed by atoms with van der Waals surface area (Å²) < 4.78 is 1.31. The Kier molecular flexibility index (Phi) is 2.24. The largest absolute Gasteiger partial charge is 0.382 e. The van der Waals surface area contributed by atoms with Crippen LogP contribution in [0.4, 0.5) is 11.5 Å². The van der Waals surface area contributed by atoms with Crippen LogP contribution < -0.4 is 5.73 Å². The second-order valence-electron chi connectivity index (χ2n) is 3.42. The fourth-order valence-corrected chi connectivity index (χ4v) is 1.55. The van der Waals surface area contributed by atoms with Crippen LogP contribution in [0.3, 0.4) is 0 Å². The molecule has 0 aliphatic rings. The Balaban J connectivity index is 2.71. The molecule has 3 N–H and O–H groups in total. The summed E-state index contributed by atoms with van der Waals surface area (Å²) in [5, 5.41) is 24.4. The average molecular weight is 222 g/mol. The number of fused-ring (bicyclic) bond motifs is 1. The number of non-ortho nitro benzene ring substituents is 1. The number of nitrogens with two attached hydrogens (primary N) is 1. The van der Waals surface area contributed by atoms with Gasteiger partial charge in [-0.25, -0.2) is 4.68 Å². The highest BCUT2D eigenvalue weighted by Gasteiger charge is 2.14. The minimum absolute atomic E-state index is 0.0515. The fourth-order valence-electron chi connectivity index (χ4n) is 1.55. The van der Waals surface area contributed by atoms with E-state index in [1.807, 2.05) is 0 Å². The molecule has 1 aromatic heterocycles. The van der Waals surface area contributed by atoms with E-state index in [9.17, 15) is 15.2 Å². The maximum atomic E-state index is 10.6. The van der Waals surface area contributed by atoms with Crippen molar-refractivity contribution in [1.29, 1.82) is 0 Å². The third kappa shape index (κ3) is 1.47. The summed E-state index contributed by atoms with van der Waals surface area (Å²) in [6, 6.07) is 4.21. The van der Waals surface area contributed by atoms with Crippen LogP contribution in [0.15, 0.2) is 18.2 Å². The molecule has 16 heavy (non-hydrogen) atoms. The molecule has 0 saturated heterocycles. The number of rotatable bonds is 2. The molecule has 2 rings (SSSR count). The first-order valence-corrected chi connectivity index (χ1v) is 4.61. The van der Waals surface area contributed by atoms with Gasteiger partial charge in [-0.05, 0) is 13.0 Å². The molecule has 1 heterocycles. The number of benzene rings is 1. The van der Waals surface area contributed by atoms with E-state index in [-0.39, 0.29) is 11.5 Å². The third-order valence-electron chi connectivity index (χ3n) is 2.28. The Hall–Kier alpha value is -2.15. The molecule has 7 heteroatoms. The molecule has 1 aromatic carbocycles. The number of hydrogen-bond acceptors (Lipinski definition) is 5. The normalized spacial score (nSPS) is 12.9. The van der Waals surface area contributed by atoms with Crippen LogP contribution in [0.5, 0.6) is 0 Å². The zero-order valence-electron chi connectivity index (χ0n) is 8.49. The van der Waals surface area contributed by atoms with Crippen molar-refractivity contribution >= 4 is 22.4 Å². The lowest BCUT2D eigenvalue weighted by molar-refractivity contribution is -0.384. The van der Waals surface area contributed by atoms with Crippen molar-refractivity contribution < 1.29 is 10.0 Å². The fraction of sp³-hybridized carbons (Fsp3) is 0.222. The monoisotopic (exact) mass is 222 g/mol. The van der Waals surface area contributed by atoms with Crippen LogP contribution in [-0.4, -0.2) is 19.8 Å². The van der Waals surface area contributed by atoms with Crippen molar-refractivity contribution in [2.45, 2.75) is 13.2 Å². The van der Waals surface area contributed by atoms with Crippen molar-refractivity contribution in [3.63, 3.8) is 0 Å². The quantitative estimate of drug-likeness (QED) is 0.583. The van der Waals surface area contributed by atoms with Gasteiger partial charge in [0.1, 0.15) is 6.23 Å². The van der Waals surface area contributed by atoms with Crippen LogP contribution >= 0.6 is 0 Å². The van der Waals surface area contributed by atoms with E-state index in [1.165, 1.54) is 29.8 Å². The number of nitro groups is 1. The van der Waals surface area contributed by atoms with E-state index >= 15 is 0 Å². The zero-order valence-corrected chi connectivity index (χ0v) is 8.49. The summed E-state index contributed by atoms with van der Waals surface area (Å²) in [4.78, 5) is 10.1. The number of hydrogen-bond donors (Lipinski definition) is 2. The number of nitrogen functional groups attached to an aromatic ring is 1. The lowest BCUT2D eigenvalue weighted by Gasteiger charge is -2.04. The molecule has 1 atom stereocenters. The highest BCUT2D eigenvalue weighted by atomic mass is 16.6. The van der Waals surface area contributed by atoms with Crippen molar-refractivity contribution in [2.75, 3.05) is 5.73 Å². The number of anilines is 1. The van der Waals surface area contributed by atoms with Gasteiger partial charge in [0.25, 0.3) is 5.69 Å². The van der Waals surface area contributed by atoms with E-state index in [2.05, 4.69) is 5.10 Å². The first-order valence-electron chi connectivity index (χ1n) is 4.61. The number of aromatic nitrogens is 2. The van der Waals surface area contributed by atoms with Gasteiger partial charge in [-0.1, -0.05) is 0 Å². The van der Waals surface area contributed by atoms with Gasteiger partial charge in [0.05, 0.1) is 15.8 Å². The summed E-state index contributed by atoms with van der Waals surface area (Å²) in [5.41, 5.74) is 6.13. The predicted octanol–water partition coefficient (Wildman–Crippen LogP) is 1.04. The molecular formula is C9H10N4O3. The van der Waals surface area contributed by atoms with Crippen molar-refractivity contribution in [3.8, 4) is 0 Å². The van der Waals surface area contributed by atoms with E-state index in [1.54, 1.807) is 0 Å². The van der Waals surface area contributed by atoms with E-state index in [0.717, 1.165) is 0 Å². The summed E-state index contributed by atoms with van der Waals surface area (Å²) in [7, 11) is 0. The summed E-state index contributed by atoms with van der Waals surface area (Å²) in [6.45, 7) is 1.54. The molecule has 0 bridgehead atoms. The molecular weight excluding hydrogens is 212 g/mol. The summed E-state index contributed by atoms with van der Waals surface area (Å²) in [6.07, 6.45) is -0.832. The van der Waals surface area contributed by atoms with Crippen LogP contribution in [0.2, 0.25) is 0 Å². The SMILES string of the molecule is CC(O)n1nc(N)c2cc([N+](=O)[O-])ccc21. The van der Waals surface area contributed by atoms with Crippen LogP contribution in [0.1, 0.15) is 13.2 Å². The predicted molar refractivity (Wildman–Crippen MR) is 57.7 cm³/mol. The molecule has 84 valence electrons. The van der Waals surface area contributed by atoms with E-state index < -0.39 is 11.2 Å². The smallest absolute Gasteiger partial charge is 0.270 e. The second-order valence-corrected chi connectivity index (χ2v) is 3.42. The minimum atomic E-state index is -0.832. The Morgan fingerprint density at radius 2 is 2.31 bits per heavy atom. The molecule has 0 amide bonds. The van der Waals surface area contributed by atoms with Gasteiger partial charge in [-0.2, -0.15) is 5.10 Å². The van der Waals surface area contributed by atoms with Gasteiger partial charge in [0, 0.05) is 12.1 Å². The van der Waals surface area contributed by atoms with Gasteiger partial charge >= 0.3 is 0 Å². The molecule has 0 spiro atoms. The highest BCUT2D eigenvalue weighted by molar-refractivity contribution is 5.90. The molecule has 0 saturated carbocycles. The summed E-state index contributed by atoms with van der Waals surface area (Å²) in [5.74, 6) is 0.166. The van der Waals surface area contributed by atoms with Gasteiger partial charge in [0.15, 0.2) is 5.82 Å². The second kappa shape index (κ2) is 3.46. The Morgan fingerprint density at radius 3 is 2.88 bits per heavy atom. The van der Waals surface area contributed by atoms with Gasteiger partial charge < -0.3 is 10.8 Å². The average Bonchev–Trinajstić information content (AvgIpc) is 2.56. The van der Waals surface area contributed by atoms with Crippen molar-refractivity contribution in [1.82, 2.24) is 9.78 Å². The molecule has 2 aromatic rings. The van der Waals surface area contributed by atoms with Crippen LogP contribution in [-0.2, 0) is 0 Å². The maximum absolute atomic E-state index is 10.6. The van der Waals surface area contributed by atoms with E-state index in [4.69, 9.17) is 5.73 Å². The lowest BCUT2D eigenvalue weighted by Crippen LogP contribution is -2.05. The minimum Gasteiger partial charge on any atom is -0.382 e. The Morgan fingerprint density at radius 1 is 1.62 bits per heavy atom. The third-order valence-corrected chi connectivity index (χ3v) is 2.28. The molecule has 0 fully saturated rings. The molecule has 0 radical (unpaired) electrons. The number of nitro benzene ring substituents is 1. The van der Waals surface area contributed by atoms with Crippen molar-refractivity contribution in [3.05, 3.63) is 28.3 Å². The van der Waals surface area contributed by atoms with Crippen LogP contribution in [0, 0.1) is 10.1 Å². The lowest BCUT2D eigenvalue weighted by atomic mass is 10.2. The van der Waals surface area contributed by atoms with Crippen molar-refractivity contribution in [2.24, 2.45) is 0 Å². The molecule has 1 unspecified atom stereocenters. The first-order chi connectivity index (χ1) is 7.50. The molecule has 0 aliphatic carbocycles. The standard InChI is InChI=1S/C9H10N4O3/c1-5(14)12-8-3-2-6(13(15)16)4-7(8)9(10)11-12/h2-5,14H,1H3,(H2,10,11). The van der Waals surface area contributed by atoms with Gasteiger partial charge in [-0.15, -0.1) is 0 Å². The Labute approximate surface area is 90.2 Å². The molecule has 0 aliphatic heterocycles. The van der Waals surface area contributed by atoms with Gasteiger partial charge in [0.2, 0.25) is 0 Å². The molecule has 7 nitrogen and oxygen atoms in total. The summed E-state index contributed by atoms with van der Waals surface area (Å²) >= 11 is 0. The van der Waals surface area contributed by atoms with E-state index in [0.29, 0.717) is 10.9 Å². The van der Waals surface area contributed by atoms with Gasteiger partial charge in [-0.3, -0.25) is 10.1 Å². The highest BCUT2D eigenvalue weighted by Crippen LogP contribution is 2.26. The number of aliphatic hydroxyl groups is 1. The number of nitrogens with zero attached hydrogens (tertiary/aromatic N) is 3. The number of aliphatic hydroxyl groups excluding tert-OH is 1. The maximum Gasteiger partial charge on any atom is 0.270 e. The topological polar surface area (TPSA) is 107 Å². The van der Waals surface area contributed by atoms with Crippen LogP contribution in [0.25, 0.3) is 10.9 Å². The zero-order chi connectivity index (χ0) is 11.9. The Bertz CT molecular complexity index is 561.